The van der Waals surface area contributed by atoms with E-state index in [0.29, 0.717) is 23.3 Å². The van der Waals surface area contributed by atoms with E-state index in [0.717, 1.165) is 12.7 Å². The van der Waals surface area contributed by atoms with Crippen LogP contribution < -0.4 is 0 Å². The Kier molecular flexibility index (Phi) is 6.28. The van der Waals surface area contributed by atoms with Gasteiger partial charge < -0.3 is 19.7 Å². The first-order valence-electron chi connectivity index (χ1n) is 7.22. The van der Waals surface area contributed by atoms with Crippen LogP contribution in [0.3, 0.4) is 0 Å². The summed E-state index contributed by atoms with van der Waals surface area (Å²) in [5.74, 6) is 0.106. The van der Waals surface area contributed by atoms with E-state index in [1.165, 1.54) is 6.07 Å². The van der Waals surface area contributed by atoms with Crippen molar-refractivity contribution in [1.29, 1.82) is 0 Å². The summed E-state index contributed by atoms with van der Waals surface area (Å²) in [4.78, 5) is 11.0. The van der Waals surface area contributed by atoms with E-state index < -0.39 is 0 Å². The SMILES string of the molecule is C=C(OC[C@H](C=O)C(C)C)c1cc(O)c(O)c(CCC)c1. The fourth-order valence-electron chi connectivity index (χ4n) is 1.97. The Hall–Kier alpha value is -1.97. The number of carbonyl (C=O) groups excluding carboxylic acids is 1. The molecule has 0 aliphatic rings. The first kappa shape index (κ1) is 17.1. The number of ether oxygens (including phenoxy) is 1. The number of aryl methyl sites for hydroxylation is 1. The topological polar surface area (TPSA) is 66.8 Å². The fourth-order valence-corrected chi connectivity index (χ4v) is 1.97. The first-order chi connectivity index (χ1) is 9.90. The van der Waals surface area contributed by atoms with E-state index in [9.17, 15) is 15.0 Å². The number of benzene rings is 1. The van der Waals surface area contributed by atoms with Crippen molar-refractivity contribution in [1.82, 2.24) is 0 Å². The van der Waals surface area contributed by atoms with Crippen molar-refractivity contribution < 1.29 is 19.7 Å². The van der Waals surface area contributed by atoms with Crippen LogP contribution in [0.25, 0.3) is 5.76 Å². The van der Waals surface area contributed by atoms with Crippen molar-refractivity contribution >= 4 is 12.0 Å². The fraction of sp³-hybridized carbons (Fsp3) is 0.471. The Morgan fingerprint density at radius 3 is 2.57 bits per heavy atom. The zero-order valence-corrected chi connectivity index (χ0v) is 12.9. The van der Waals surface area contributed by atoms with Gasteiger partial charge in [0.1, 0.15) is 12.0 Å². The summed E-state index contributed by atoms with van der Waals surface area (Å²) < 4.78 is 5.55. The molecular formula is C17H24O4. The molecule has 0 aromatic heterocycles. The van der Waals surface area contributed by atoms with Crippen LogP contribution in [0, 0.1) is 11.8 Å². The summed E-state index contributed by atoms with van der Waals surface area (Å²) in [5, 5.41) is 19.6. The third-order valence-corrected chi connectivity index (χ3v) is 3.49. The highest BCUT2D eigenvalue weighted by Crippen LogP contribution is 2.33. The molecule has 0 saturated heterocycles. The van der Waals surface area contributed by atoms with Crippen molar-refractivity contribution in [3.05, 3.63) is 29.8 Å². The molecule has 1 rings (SSSR count). The van der Waals surface area contributed by atoms with Gasteiger partial charge >= 0.3 is 0 Å². The molecule has 21 heavy (non-hydrogen) atoms. The number of rotatable bonds is 8. The van der Waals surface area contributed by atoms with Crippen molar-refractivity contribution in [2.75, 3.05) is 6.61 Å². The Labute approximate surface area is 126 Å². The van der Waals surface area contributed by atoms with Crippen LogP contribution in [-0.4, -0.2) is 23.1 Å². The van der Waals surface area contributed by atoms with Gasteiger partial charge in [0, 0.05) is 5.56 Å². The van der Waals surface area contributed by atoms with Crippen molar-refractivity contribution in [3.8, 4) is 11.5 Å². The molecule has 0 amide bonds. The molecular weight excluding hydrogens is 268 g/mol. The molecule has 1 atom stereocenters. The second-order valence-electron chi connectivity index (χ2n) is 5.53. The maximum absolute atomic E-state index is 11.0. The van der Waals surface area contributed by atoms with Crippen LogP contribution >= 0.6 is 0 Å². The van der Waals surface area contributed by atoms with Gasteiger partial charge in [-0.3, -0.25) is 0 Å². The lowest BCUT2D eigenvalue weighted by molar-refractivity contribution is -0.113. The lowest BCUT2D eigenvalue weighted by Gasteiger charge is -2.17. The third kappa shape index (κ3) is 4.52. The monoisotopic (exact) mass is 292 g/mol. The molecule has 1 aromatic rings. The molecule has 0 radical (unpaired) electrons. The minimum Gasteiger partial charge on any atom is -0.504 e. The average molecular weight is 292 g/mol. The van der Waals surface area contributed by atoms with E-state index in [-0.39, 0.29) is 29.9 Å². The number of phenolic OH excluding ortho intramolecular Hbond substituents is 2. The van der Waals surface area contributed by atoms with Crippen LogP contribution in [0.1, 0.15) is 38.3 Å². The molecule has 0 fully saturated rings. The lowest BCUT2D eigenvalue weighted by Crippen LogP contribution is -2.16. The van der Waals surface area contributed by atoms with E-state index in [1.54, 1.807) is 6.07 Å². The van der Waals surface area contributed by atoms with Crippen LogP contribution in [0.5, 0.6) is 11.5 Å². The van der Waals surface area contributed by atoms with E-state index in [1.807, 2.05) is 20.8 Å². The van der Waals surface area contributed by atoms with Gasteiger partial charge in [-0.15, -0.1) is 0 Å². The maximum atomic E-state index is 11.0. The number of aldehydes is 1. The van der Waals surface area contributed by atoms with Gasteiger partial charge in [0.2, 0.25) is 0 Å². The lowest BCUT2D eigenvalue weighted by atomic mass is 9.98. The molecule has 0 saturated carbocycles. The zero-order valence-electron chi connectivity index (χ0n) is 12.9. The van der Waals surface area contributed by atoms with Crippen molar-refractivity contribution in [2.24, 2.45) is 11.8 Å². The Morgan fingerprint density at radius 2 is 2.05 bits per heavy atom. The van der Waals surface area contributed by atoms with E-state index in [2.05, 4.69) is 6.58 Å². The summed E-state index contributed by atoms with van der Waals surface area (Å²) >= 11 is 0. The minimum atomic E-state index is -0.192. The Bertz CT molecular complexity index is 506. The Morgan fingerprint density at radius 1 is 1.38 bits per heavy atom. The maximum Gasteiger partial charge on any atom is 0.160 e. The van der Waals surface area contributed by atoms with Crippen LogP contribution in [0.2, 0.25) is 0 Å². The smallest absolute Gasteiger partial charge is 0.160 e. The molecule has 0 unspecified atom stereocenters. The number of aromatic hydroxyl groups is 2. The van der Waals surface area contributed by atoms with Gasteiger partial charge in [-0.1, -0.05) is 33.8 Å². The summed E-state index contributed by atoms with van der Waals surface area (Å²) in [6.07, 6.45) is 2.39. The van der Waals surface area contributed by atoms with Gasteiger partial charge in [-0.05, 0) is 30.0 Å². The Balaban J connectivity index is 2.85. The van der Waals surface area contributed by atoms with E-state index >= 15 is 0 Å². The molecule has 2 N–H and O–H groups in total. The van der Waals surface area contributed by atoms with Crippen molar-refractivity contribution in [2.45, 2.75) is 33.6 Å². The highest BCUT2D eigenvalue weighted by atomic mass is 16.5. The van der Waals surface area contributed by atoms with Gasteiger partial charge in [-0.25, -0.2) is 0 Å². The highest BCUT2D eigenvalue weighted by molar-refractivity contribution is 5.64. The van der Waals surface area contributed by atoms with Crippen LogP contribution in [-0.2, 0) is 16.0 Å². The second-order valence-corrected chi connectivity index (χ2v) is 5.53. The van der Waals surface area contributed by atoms with Gasteiger partial charge in [-0.2, -0.15) is 0 Å². The molecule has 4 nitrogen and oxygen atoms in total. The quantitative estimate of drug-likeness (QED) is 0.437. The van der Waals surface area contributed by atoms with E-state index in [4.69, 9.17) is 4.74 Å². The summed E-state index contributed by atoms with van der Waals surface area (Å²) in [5.41, 5.74) is 1.27. The molecule has 0 heterocycles. The van der Waals surface area contributed by atoms with Gasteiger partial charge in [0.15, 0.2) is 11.5 Å². The van der Waals surface area contributed by atoms with Crippen LogP contribution in [0.15, 0.2) is 18.7 Å². The number of hydrogen-bond acceptors (Lipinski definition) is 4. The highest BCUT2D eigenvalue weighted by Gasteiger charge is 2.15. The second kappa shape index (κ2) is 7.72. The summed E-state index contributed by atoms with van der Waals surface area (Å²) in [6.45, 7) is 9.99. The predicted octanol–water partition coefficient (Wildman–Crippen LogP) is 3.51. The summed E-state index contributed by atoms with van der Waals surface area (Å²) in [7, 11) is 0. The number of carbonyl (C=O) groups is 1. The predicted molar refractivity (Wildman–Crippen MR) is 83.1 cm³/mol. The molecule has 1 aromatic carbocycles. The normalized spacial score (nSPS) is 12.2. The molecule has 0 spiro atoms. The third-order valence-electron chi connectivity index (χ3n) is 3.49. The van der Waals surface area contributed by atoms with Gasteiger partial charge in [0.25, 0.3) is 0 Å². The molecule has 116 valence electrons. The molecule has 0 bridgehead atoms. The molecule has 4 heteroatoms. The van der Waals surface area contributed by atoms with Crippen LogP contribution in [0.4, 0.5) is 0 Å². The minimum absolute atomic E-state index is 0.0960. The first-order valence-corrected chi connectivity index (χ1v) is 7.22. The average Bonchev–Trinajstić information content (AvgIpc) is 2.43. The number of hydrogen-bond donors (Lipinski definition) is 2. The largest absolute Gasteiger partial charge is 0.504 e. The zero-order chi connectivity index (χ0) is 16.0. The molecule has 0 aliphatic carbocycles. The number of phenols is 2. The van der Waals surface area contributed by atoms with Crippen molar-refractivity contribution in [3.63, 3.8) is 0 Å². The summed E-state index contributed by atoms with van der Waals surface area (Å²) in [6, 6.07) is 3.17. The van der Waals surface area contributed by atoms with Gasteiger partial charge in [0.05, 0.1) is 12.5 Å². The standard InChI is InChI=1S/C17H24O4/c1-5-6-13-7-14(8-16(19)17(13)20)12(4)21-10-15(9-18)11(2)3/h7-9,11,15,19-20H,4-6,10H2,1-3H3/t15-/m0/s1. The molecule has 0 aliphatic heterocycles.